The minimum atomic E-state index is -0.199. The van der Waals surface area contributed by atoms with E-state index in [9.17, 15) is 9.90 Å². The van der Waals surface area contributed by atoms with Gasteiger partial charge in [-0.3, -0.25) is 4.79 Å². The maximum atomic E-state index is 12.8. The van der Waals surface area contributed by atoms with Crippen molar-refractivity contribution in [1.82, 2.24) is 5.32 Å². The van der Waals surface area contributed by atoms with Gasteiger partial charge in [0, 0.05) is 5.92 Å². The highest BCUT2D eigenvalue weighted by Gasteiger charge is 2.47. The fourth-order valence-electron chi connectivity index (χ4n) is 4.40. The number of hydrogen-bond acceptors (Lipinski definition) is 2. The smallest absolute Gasteiger partial charge is 0.224 e. The number of nitrogens with one attached hydrogen (secondary N) is 1. The van der Waals surface area contributed by atoms with Crippen molar-refractivity contribution in [3.05, 3.63) is 48.0 Å². The zero-order valence-electron chi connectivity index (χ0n) is 13.8. The molecule has 0 saturated heterocycles. The lowest BCUT2D eigenvalue weighted by Crippen LogP contribution is -2.45. The van der Waals surface area contributed by atoms with Crippen molar-refractivity contribution in [2.75, 3.05) is 6.61 Å². The molecule has 124 valence electrons. The first kappa shape index (κ1) is 16.3. The Bertz CT molecular complexity index is 554. The lowest BCUT2D eigenvalue weighted by Gasteiger charge is -2.28. The lowest BCUT2D eigenvalue weighted by molar-refractivity contribution is -0.128. The molecule has 0 aliphatic heterocycles. The summed E-state index contributed by atoms with van der Waals surface area (Å²) in [7, 11) is 0. The molecule has 3 nitrogen and oxygen atoms in total. The summed E-state index contributed by atoms with van der Waals surface area (Å²) in [6.45, 7) is 2.17. The van der Waals surface area contributed by atoms with Gasteiger partial charge in [-0.15, -0.1) is 0 Å². The Hall–Kier alpha value is -1.61. The molecule has 2 aliphatic rings. The second-order valence-corrected chi connectivity index (χ2v) is 7.00. The van der Waals surface area contributed by atoms with E-state index in [1.807, 2.05) is 30.3 Å². The summed E-state index contributed by atoms with van der Waals surface area (Å²) in [5.41, 5.74) is 1.14. The van der Waals surface area contributed by atoms with Crippen molar-refractivity contribution in [1.29, 1.82) is 0 Å². The zero-order valence-corrected chi connectivity index (χ0v) is 13.8. The van der Waals surface area contributed by atoms with Crippen LogP contribution in [0.3, 0.4) is 0 Å². The van der Waals surface area contributed by atoms with Crippen LogP contribution in [0.4, 0.5) is 0 Å². The molecule has 2 bridgehead atoms. The van der Waals surface area contributed by atoms with Crippen molar-refractivity contribution in [2.45, 2.75) is 38.6 Å². The Labute approximate surface area is 138 Å². The number of allylic oxidation sites excluding steroid dienone is 2. The van der Waals surface area contributed by atoms with Gasteiger partial charge in [-0.05, 0) is 42.6 Å². The van der Waals surface area contributed by atoms with Gasteiger partial charge < -0.3 is 10.4 Å². The van der Waals surface area contributed by atoms with Crippen molar-refractivity contribution in [3.63, 3.8) is 0 Å². The first-order chi connectivity index (χ1) is 11.2. The number of rotatable bonds is 7. The van der Waals surface area contributed by atoms with E-state index in [4.69, 9.17) is 0 Å². The van der Waals surface area contributed by atoms with Crippen LogP contribution in [0.15, 0.2) is 42.5 Å². The monoisotopic (exact) mass is 313 g/mol. The van der Waals surface area contributed by atoms with Crippen LogP contribution < -0.4 is 5.32 Å². The Morgan fingerprint density at radius 1 is 1.26 bits per heavy atom. The lowest BCUT2D eigenvalue weighted by atomic mass is 9.79. The third-order valence-corrected chi connectivity index (χ3v) is 5.44. The van der Waals surface area contributed by atoms with E-state index in [-0.39, 0.29) is 24.5 Å². The van der Waals surface area contributed by atoms with E-state index in [1.165, 1.54) is 0 Å². The molecule has 3 rings (SSSR count). The molecule has 1 amide bonds. The van der Waals surface area contributed by atoms with Crippen molar-refractivity contribution < 1.29 is 9.90 Å². The molecule has 1 aromatic carbocycles. The van der Waals surface area contributed by atoms with E-state index in [1.54, 1.807) is 0 Å². The van der Waals surface area contributed by atoms with Gasteiger partial charge in [-0.25, -0.2) is 0 Å². The first-order valence-electron chi connectivity index (χ1n) is 8.86. The molecule has 1 saturated carbocycles. The van der Waals surface area contributed by atoms with Crippen LogP contribution in [0.25, 0.3) is 0 Å². The van der Waals surface area contributed by atoms with Gasteiger partial charge in [0.1, 0.15) is 0 Å². The van der Waals surface area contributed by atoms with Crippen molar-refractivity contribution in [3.8, 4) is 0 Å². The second-order valence-electron chi connectivity index (χ2n) is 7.00. The van der Waals surface area contributed by atoms with E-state index < -0.39 is 0 Å². The Kier molecular flexibility index (Phi) is 5.16. The second kappa shape index (κ2) is 7.31. The van der Waals surface area contributed by atoms with Crippen molar-refractivity contribution in [2.24, 2.45) is 23.7 Å². The molecule has 2 aliphatic carbocycles. The Morgan fingerprint density at radius 2 is 2.00 bits per heavy atom. The summed E-state index contributed by atoms with van der Waals surface area (Å²) in [5, 5.41) is 12.8. The average molecular weight is 313 g/mol. The summed E-state index contributed by atoms with van der Waals surface area (Å²) >= 11 is 0. The number of aliphatic hydroxyl groups is 1. The number of aliphatic hydroxyl groups excluding tert-OH is 1. The van der Waals surface area contributed by atoms with Crippen LogP contribution >= 0.6 is 0 Å². The van der Waals surface area contributed by atoms with Crippen LogP contribution in [0.1, 0.15) is 31.7 Å². The summed E-state index contributed by atoms with van der Waals surface area (Å²) in [6, 6.07) is 9.83. The first-order valence-corrected chi connectivity index (χ1v) is 8.86. The topological polar surface area (TPSA) is 49.3 Å². The van der Waals surface area contributed by atoms with E-state index >= 15 is 0 Å². The Balaban J connectivity index is 1.64. The zero-order chi connectivity index (χ0) is 16.2. The molecule has 1 fully saturated rings. The summed E-state index contributed by atoms with van der Waals surface area (Å²) in [6.07, 6.45) is 8.59. The standard InChI is InChI=1S/C20H27NO2/c1-2-6-18-15-9-10-16(12-15)19(18)20(23)21-17(13-22)11-14-7-4-3-5-8-14/h3-5,7-10,15-19,22H,2,6,11-13H2,1H3,(H,21,23)/t15-,16+,17+,18+,19-/m1/s1. The molecule has 3 heteroatoms. The Morgan fingerprint density at radius 3 is 2.70 bits per heavy atom. The average Bonchev–Trinajstić information content (AvgIpc) is 3.17. The predicted octanol–water partition coefficient (Wildman–Crippen LogP) is 2.94. The molecular formula is C20H27NO2. The number of amides is 1. The summed E-state index contributed by atoms with van der Waals surface area (Å²) in [4.78, 5) is 12.8. The van der Waals surface area contributed by atoms with Gasteiger partial charge in [0.25, 0.3) is 0 Å². The molecule has 0 radical (unpaired) electrons. The molecule has 0 unspecified atom stereocenters. The highest BCUT2D eigenvalue weighted by molar-refractivity contribution is 5.80. The molecule has 2 N–H and O–H groups in total. The maximum Gasteiger partial charge on any atom is 0.224 e. The summed E-state index contributed by atoms with van der Waals surface area (Å²) < 4.78 is 0. The van der Waals surface area contributed by atoms with Gasteiger partial charge in [0.15, 0.2) is 0 Å². The van der Waals surface area contributed by atoms with Gasteiger partial charge in [-0.2, -0.15) is 0 Å². The number of carbonyl (C=O) groups excluding carboxylic acids is 1. The number of benzene rings is 1. The summed E-state index contributed by atoms with van der Waals surface area (Å²) in [5.74, 6) is 1.68. The fourth-order valence-corrected chi connectivity index (χ4v) is 4.40. The fraction of sp³-hybridized carbons (Fsp3) is 0.550. The van der Waals surface area contributed by atoms with Crippen LogP contribution in [-0.2, 0) is 11.2 Å². The van der Waals surface area contributed by atoms with Crippen LogP contribution in [0.5, 0.6) is 0 Å². The maximum absolute atomic E-state index is 12.8. The molecule has 0 heterocycles. The van der Waals surface area contributed by atoms with E-state index in [0.29, 0.717) is 24.2 Å². The number of fused-ring (bicyclic) bond motifs is 2. The predicted molar refractivity (Wildman–Crippen MR) is 91.8 cm³/mol. The normalized spacial score (nSPS) is 29.7. The van der Waals surface area contributed by atoms with E-state index in [2.05, 4.69) is 24.4 Å². The molecule has 23 heavy (non-hydrogen) atoms. The van der Waals surface area contributed by atoms with Crippen LogP contribution in [0, 0.1) is 23.7 Å². The van der Waals surface area contributed by atoms with Gasteiger partial charge in [0.2, 0.25) is 5.91 Å². The molecule has 0 spiro atoms. The SMILES string of the molecule is CCC[C@@H]1[C@H](C(=O)N[C@H](CO)Cc2ccccc2)[C@H]2C=C[C@@H]1C2. The highest BCUT2D eigenvalue weighted by atomic mass is 16.3. The number of hydrogen-bond donors (Lipinski definition) is 2. The molecular weight excluding hydrogens is 286 g/mol. The molecule has 5 atom stereocenters. The van der Waals surface area contributed by atoms with Gasteiger partial charge in [0.05, 0.1) is 12.6 Å². The number of carbonyl (C=O) groups is 1. The van der Waals surface area contributed by atoms with Gasteiger partial charge in [-0.1, -0.05) is 55.8 Å². The molecule has 0 aromatic heterocycles. The van der Waals surface area contributed by atoms with Gasteiger partial charge >= 0.3 is 0 Å². The van der Waals surface area contributed by atoms with Crippen LogP contribution in [-0.4, -0.2) is 23.7 Å². The minimum Gasteiger partial charge on any atom is -0.394 e. The van der Waals surface area contributed by atoms with Crippen molar-refractivity contribution >= 4 is 5.91 Å². The third-order valence-electron chi connectivity index (χ3n) is 5.44. The third kappa shape index (κ3) is 3.50. The quantitative estimate of drug-likeness (QED) is 0.760. The van der Waals surface area contributed by atoms with Crippen LogP contribution in [0.2, 0.25) is 0 Å². The molecule has 1 aromatic rings. The highest BCUT2D eigenvalue weighted by Crippen LogP contribution is 2.49. The van der Waals surface area contributed by atoms with E-state index in [0.717, 1.165) is 24.8 Å². The largest absolute Gasteiger partial charge is 0.394 e. The minimum absolute atomic E-state index is 0.0181.